The van der Waals surface area contributed by atoms with Crippen molar-refractivity contribution < 1.29 is 27.2 Å². The maximum absolute atomic E-state index is 12.9. The Bertz CT molecular complexity index is 839. The number of carbonyl (C=O) groups excluding carboxylic acids is 2. The van der Waals surface area contributed by atoms with Crippen molar-refractivity contribution in [2.24, 2.45) is 0 Å². The molecule has 0 bridgehead atoms. The lowest BCUT2D eigenvalue weighted by molar-refractivity contribution is -0.137. The van der Waals surface area contributed by atoms with Gasteiger partial charge in [-0.1, -0.05) is 12.1 Å². The van der Waals surface area contributed by atoms with E-state index in [-0.39, 0.29) is 24.1 Å². The quantitative estimate of drug-likeness (QED) is 0.658. The van der Waals surface area contributed by atoms with Crippen LogP contribution in [0.1, 0.15) is 18.1 Å². The number of hydrogen-bond acceptors (Lipinski definition) is 3. The fourth-order valence-electron chi connectivity index (χ4n) is 2.46. The van der Waals surface area contributed by atoms with Crippen molar-refractivity contribution in [2.45, 2.75) is 24.9 Å². The summed E-state index contributed by atoms with van der Waals surface area (Å²) in [6.45, 7) is 1.81. The summed E-state index contributed by atoms with van der Waals surface area (Å²) >= 11 is 1.13. The first-order valence-electron chi connectivity index (χ1n) is 8.64. The van der Waals surface area contributed by atoms with Gasteiger partial charge in [0.05, 0.1) is 16.6 Å². The van der Waals surface area contributed by atoms with Crippen molar-refractivity contribution in [3.05, 3.63) is 65.5 Å². The van der Waals surface area contributed by atoms with Crippen molar-refractivity contribution in [1.82, 2.24) is 4.90 Å². The summed E-state index contributed by atoms with van der Waals surface area (Å²) in [4.78, 5) is 25.8. The van der Waals surface area contributed by atoms with Gasteiger partial charge in [-0.25, -0.2) is 4.39 Å². The van der Waals surface area contributed by atoms with Gasteiger partial charge in [0.25, 0.3) is 0 Å². The van der Waals surface area contributed by atoms with Crippen LogP contribution in [0.25, 0.3) is 0 Å². The first-order chi connectivity index (χ1) is 13.6. The predicted molar refractivity (Wildman–Crippen MR) is 105 cm³/mol. The van der Waals surface area contributed by atoms with Crippen LogP contribution in [0, 0.1) is 5.82 Å². The van der Waals surface area contributed by atoms with Gasteiger partial charge in [-0.15, -0.1) is 11.8 Å². The van der Waals surface area contributed by atoms with Gasteiger partial charge in [0.1, 0.15) is 5.82 Å². The molecule has 0 spiro atoms. The Morgan fingerprint density at radius 1 is 1.07 bits per heavy atom. The number of rotatable bonds is 7. The minimum Gasteiger partial charge on any atom is -0.340 e. The molecule has 4 nitrogen and oxygen atoms in total. The summed E-state index contributed by atoms with van der Waals surface area (Å²) in [5, 5.41) is 2.09. The predicted octanol–water partition coefficient (Wildman–Crippen LogP) is 4.56. The number of nitrogens with one attached hydrogen (secondary N) is 1. The summed E-state index contributed by atoms with van der Waals surface area (Å²) in [7, 11) is 1.55. The molecule has 29 heavy (non-hydrogen) atoms. The van der Waals surface area contributed by atoms with E-state index < -0.39 is 22.8 Å². The van der Waals surface area contributed by atoms with Crippen LogP contribution in [0.2, 0.25) is 0 Å². The van der Waals surface area contributed by atoms with Gasteiger partial charge in [-0.2, -0.15) is 13.2 Å². The van der Waals surface area contributed by atoms with Gasteiger partial charge >= 0.3 is 6.18 Å². The molecular weight excluding hydrogens is 408 g/mol. The lowest BCUT2D eigenvalue weighted by atomic mass is 10.1. The third-order valence-electron chi connectivity index (χ3n) is 4.02. The highest BCUT2D eigenvalue weighted by Gasteiger charge is 2.30. The number of anilines is 1. The summed E-state index contributed by atoms with van der Waals surface area (Å²) in [5.41, 5.74) is 0.279. The number of hydrogen-bond donors (Lipinski definition) is 1. The largest absolute Gasteiger partial charge is 0.416 e. The maximum atomic E-state index is 12.9. The highest BCUT2D eigenvalue weighted by molar-refractivity contribution is 8.01. The van der Waals surface area contributed by atoms with E-state index in [1.807, 2.05) is 0 Å². The standard InChI is InChI=1S/C20H20F4N2O2S/c1-13(29-12-18(27)25-17-9-7-16(21)8-10-17)19(28)26(2)11-14-3-5-15(6-4-14)20(22,23)24/h3-10,13H,11-12H2,1-2H3,(H,25,27)/t13-/m1/s1. The van der Waals surface area contributed by atoms with E-state index in [1.54, 1.807) is 14.0 Å². The monoisotopic (exact) mass is 428 g/mol. The fourth-order valence-corrected chi connectivity index (χ4v) is 3.26. The summed E-state index contributed by atoms with van der Waals surface area (Å²) in [6.07, 6.45) is -4.40. The fraction of sp³-hybridized carbons (Fsp3) is 0.300. The molecule has 2 aromatic carbocycles. The zero-order valence-electron chi connectivity index (χ0n) is 15.8. The Labute approximate surface area is 170 Å². The lowest BCUT2D eigenvalue weighted by Gasteiger charge is -2.21. The first-order valence-corrected chi connectivity index (χ1v) is 9.69. The van der Waals surface area contributed by atoms with Crippen LogP contribution < -0.4 is 5.32 Å². The summed E-state index contributed by atoms with van der Waals surface area (Å²) < 4.78 is 50.7. The number of nitrogens with zero attached hydrogens (tertiary/aromatic N) is 1. The molecule has 0 unspecified atom stereocenters. The van der Waals surface area contributed by atoms with E-state index in [0.29, 0.717) is 11.3 Å². The zero-order chi connectivity index (χ0) is 21.6. The van der Waals surface area contributed by atoms with Gasteiger partial charge in [-0.05, 0) is 48.9 Å². The molecule has 2 rings (SSSR count). The van der Waals surface area contributed by atoms with Crippen molar-refractivity contribution in [3.8, 4) is 0 Å². The van der Waals surface area contributed by atoms with Crippen molar-refractivity contribution in [1.29, 1.82) is 0 Å². The number of thioether (sulfide) groups is 1. The van der Waals surface area contributed by atoms with Gasteiger partial charge in [0.2, 0.25) is 11.8 Å². The highest BCUT2D eigenvalue weighted by atomic mass is 32.2. The molecule has 0 aromatic heterocycles. The molecule has 0 aliphatic heterocycles. The number of carbonyl (C=O) groups is 2. The number of alkyl halides is 3. The van der Waals surface area contributed by atoms with E-state index in [2.05, 4.69) is 5.32 Å². The van der Waals surface area contributed by atoms with Crippen LogP contribution in [0.15, 0.2) is 48.5 Å². The smallest absolute Gasteiger partial charge is 0.340 e. The van der Waals surface area contributed by atoms with Crippen LogP contribution >= 0.6 is 11.8 Å². The van der Waals surface area contributed by atoms with Crippen LogP contribution in [-0.2, 0) is 22.3 Å². The second-order valence-corrected chi connectivity index (χ2v) is 7.73. The van der Waals surface area contributed by atoms with Gasteiger partial charge < -0.3 is 10.2 Å². The van der Waals surface area contributed by atoms with Crippen LogP contribution in [0.5, 0.6) is 0 Å². The van der Waals surface area contributed by atoms with Crippen molar-refractivity contribution >= 4 is 29.3 Å². The molecule has 1 N–H and O–H groups in total. The number of amides is 2. The van der Waals surface area contributed by atoms with Gasteiger partial charge in [0, 0.05) is 19.3 Å². The molecule has 9 heteroatoms. The number of benzene rings is 2. The van der Waals surface area contributed by atoms with E-state index in [0.717, 1.165) is 23.9 Å². The molecule has 0 saturated carbocycles. The molecule has 1 atom stereocenters. The molecule has 0 aliphatic carbocycles. The van der Waals surface area contributed by atoms with Gasteiger partial charge in [0.15, 0.2) is 0 Å². The average Bonchev–Trinajstić information content (AvgIpc) is 2.67. The zero-order valence-corrected chi connectivity index (χ0v) is 16.6. The summed E-state index contributed by atoms with van der Waals surface area (Å²) in [5.74, 6) is -0.956. The van der Waals surface area contributed by atoms with Crippen LogP contribution in [0.4, 0.5) is 23.2 Å². The van der Waals surface area contributed by atoms with Crippen molar-refractivity contribution in [3.63, 3.8) is 0 Å². The van der Waals surface area contributed by atoms with E-state index >= 15 is 0 Å². The van der Waals surface area contributed by atoms with Crippen LogP contribution in [0.3, 0.4) is 0 Å². The maximum Gasteiger partial charge on any atom is 0.416 e. The first kappa shape index (κ1) is 22.7. The molecule has 2 aromatic rings. The third kappa shape index (κ3) is 7.08. The minimum atomic E-state index is -4.40. The van der Waals surface area contributed by atoms with E-state index in [1.165, 1.54) is 41.3 Å². The topological polar surface area (TPSA) is 49.4 Å². The summed E-state index contributed by atoms with van der Waals surface area (Å²) in [6, 6.07) is 9.95. The van der Waals surface area contributed by atoms with E-state index in [4.69, 9.17) is 0 Å². The highest BCUT2D eigenvalue weighted by Crippen LogP contribution is 2.29. The Morgan fingerprint density at radius 2 is 1.66 bits per heavy atom. The molecule has 0 aliphatic rings. The molecule has 0 fully saturated rings. The molecule has 156 valence electrons. The van der Waals surface area contributed by atoms with Crippen molar-refractivity contribution in [2.75, 3.05) is 18.1 Å². The Balaban J connectivity index is 1.82. The Morgan fingerprint density at radius 3 is 2.21 bits per heavy atom. The minimum absolute atomic E-state index is 0.0262. The average molecular weight is 428 g/mol. The Kier molecular flexibility index (Phi) is 7.66. The SMILES string of the molecule is C[C@@H](SCC(=O)Nc1ccc(F)cc1)C(=O)N(C)Cc1ccc(C(F)(F)F)cc1. The second-order valence-electron chi connectivity index (χ2n) is 6.40. The molecule has 0 saturated heterocycles. The molecule has 0 radical (unpaired) electrons. The molecular formula is C20H20F4N2O2S. The van der Waals surface area contributed by atoms with Gasteiger partial charge in [-0.3, -0.25) is 9.59 Å². The lowest BCUT2D eigenvalue weighted by Crippen LogP contribution is -2.33. The van der Waals surface area contributed by atoms with E-state index in [9.17, 15) is 27.2 Å². The third-order valence-corrected chi connectivity index (χ3v) is 5.15. The van der Waals surface area contributed by atoms with Crippen LogP contribution in [-0.4, -0.2) is 34.8 Å². The normalized spacial score (nSPS) is 12.3. The second kappa shape index (κ2) is 9.78. The molecule has 0 heterocycles. The Hall–Kier alpha value is -2.55. The molecule has 2 amide bonds. The number of halogens is 4.